The van der Waals surface area contributed by atoms with Gasteiger partial charge in [0.2, 0.25) is 11.8 Å². The third-order valence-corrected chi connectivity index (χ3v) is 4.52. The molecule has 8 heteroatoms. The molecule has 2 amide bonds. The van der Waals surface area contributed by atoms with E-state index in [1.54, 1.807) is 6.92 Å². The largest absolute Gasteiger partial charge is 0.368 e. The number of nitrogens with one attached hydrogen (secondary N) is 1. The average molecular weight is 347 g/mol. The van der Waals surface area contributed by atoms with Gasteiger partial charge in [-0.15, -0.1) is 10.2 Å². The van der Waals surface area contributed by atoms with Crippen LogP contribution in [-0.2, 0) is 16.1 Å². The van der Waals surface area contributed by atoms with Crippen LogP contribution in [0.1, 0.15) is 19.4 Å². The molecule has 0 saturated carbocycles. The smallest absolute Gasteiger partial charge is 0.239 e. The van der Waals surface area contributed by atoms with Crippen LogP contribution in [0.2, 0.25) is 0 Å². The van der Waals surface area contributed by atoms with Crippen molar-refractivity contribution in [3.8, 4) is 11.4 Å². The summed E-state index contributed by atoms with van der Waals surface area (Å²) in [7, 11) is 0. The van der Waals surface area contributed by atoms with Crippen LogP contribution in [0.4, 0.5) is 0 Å². The lowest BCUT2D eigenvalue weighted by Gasteiger charge is -2.11. The fraction of sp³-hybridized carbons (Fsp3) is 0.375. The molecule has 0 radical (unpaired) electrons. The van der Waals surface area contributed by atoms with Crippen molar-refractivity contribution in [3.63, 3.8) is 0 Å². The third-order valence-electron chi connectivity index (χ3n) is 3.56. The Hall–Kier alpha value is -2.35. The highest BCUT2D eigenvalue weighted by atomic mass is 32.2. The normalized spacial score (nSPS) is 12.0. The lowest BCUT2D eigenvalue weighted by atomic mass is 10.1. The zero-order valence-corrected chi connectivity index (χ0v) is 14.8. The molecule has 0 spiro atoms. The molecule has 1 unspecified atom stereocenters. The summed E-state index contributed by atoms with van der Waals surface area (Å²) in [6.45, 7) is 6.27. The summed E-state index contributed by atoms with van der Waals surface area (Å²) in [5.41, 5.74) is 7.27. The molecule has 128 valence electrons. The summed E-state index contributed by atoms with van der Waals surface area (Å²) in [4.78, 5) is 22.8. The summed E-state index contributed by atoms with van der Waals surface area (Å²) in [6, 6.07) is 7.27. The number of benzene rings is 1. The van der Waals surface area contributed by atoms with E-state index in [4.69, 9.17) is 5.73 Å². The van der Waals surface area contributed by atoms with E-state index in [2.05, 4.69) is 15.5 Å². The van der Waals surface area contributed by atoms with E-state index in [0.717, 1.165) is 17.0 Å². The Labute approximate surface area is 145 Å². The summed E-state index contributed by atoms with van der Waals surface area (Å²) in [5.74, 6) is 0.0918. The number of nitrogens with two attached hydrogens (primary N) is 1. The number of nitrogens with zero attached hydrogens (tertiary/aromatic N) is 3. The Bertz CT molecular complexity index is 744. The number of aryl methyl sites for hydroxylation is 1. The first-order valence-corrected chi connectivity index (χ1v) is 8.63. The Morgan fingerprint density at radius 1 is 1.33 bits per heavy atom. The van der Waals surface area contributed by atoms with Gasteiger partial charge in [-0.2, -0.15) is 0 Å². The highest BCUT2D eigenvalue weighted by Gasteiger charge is 2.17. The number of primary amides is 1. The predicted octanol–water partition coefficient (Wildman–Crippen LogP) is 1.36. The van der Waals surface area contributed by atoms with Gasteiger partial charge in [0.05, 0.1) is 5.75 Å². The molecule has 0 aliphatic rings. The van der Waals surface area contributed by atoms with Gasteiger partial charge in [-0.3, -0.25) is 9.59 Å². The summed E-state index contributed by atoms with van der Waals surface area (Å²) < 4.78 is 1.97. The van der Waals surface area contributed by atoms with Gasteiger partial charge in [0.15, 0.2) is 11.0 Å². The quantitative estimate of drug-likeness (QED) is 0.736. The topological polar surface area (TPSA) is 103 Å². The zero-order valence-electron chi connectivity index (χ0n) is 13.9. The molecule has 1 atom stereocenters. The maximum absolute atomic E-state index is 11.9. The van der Waals surface area contributed by atoms with Crippen molar-refractivity contribution in [2.45, 2.75) is 38.5 Å². The third kappa shape index (κ3) is 4.14. The number of carbonyl (C=O) groups excluding carboxylic acids is 2. The van der Waals surface area contributed by atoms with Crippen LogP contribution in [0, 0.1) is 6.92 Å². The van der Waals surface area contributed by atoms with Crippen LogP contribution in [-0.4, -0.2) is 38.4 Å². The second-order valence-electron chi connectivity index (χ2n) is 5.35. The minimum atomic E-state index is -0.690. The monoisotopic (exact) mass is 347 g/mol. The molecule has 7 nitrogen and oxygen atoms in total. The second kappa shape index (κ2) is 7.96. The van der Waals surface area contributed by atoms with Crippen LogP contribution in [0.5, 0.6) is 0 Å². The van der Waals surface area contributed by atoms with E-state index >= 15 is 0 Å². The van der Waals surface area contributed by atoms with Gasteiger partial charge in [-0.1, -0.05) is 36.0 Å². The van der Waals surface area contributed by atoms with E-state index in [1.807, 2.05) is 42.7 Å². The van der Waals surface area contributed by atoms with Gasteiger partial charge < -0.3 is 15.6 Å². The fourth-order valence-electron chi connectivity index (χ4n) is 2.19. The van der Waals surface area contributed by atoms with Gasteiger partial charge in [0.1, 0.15) is 6.04 Å². The van der Waals surface area contributed by atoms with E-state index in [1.165, 1.54) is 11.8 Å². The number of hydrogen-bond acceptors (Lipinski definition) is 5. The van der Waals surface area contributed by atoms with Crippen molar-refractivity contribution in [2.75, 3.05) is 5.75 Å². The number of amides is 2. The van der Waals surface area contributed by atoms with E-state index in [-0.39, 0.29) is 11.7 Å². The first-order chi connectivity index (χ1) is 11.4. The molecule has 0 fully saturated rings. The van der Waals surface area contributed by atoms with Crippen LogP contribution in [0.3, 0.4) is 0 Å². The number of hydrogen-bond donors (Lipinski definition) is 2. The Kier molecular flexibility index (Phi) is 5.97. The number of aromatic nitrogens is 3. The molecule has 0 aliphatic carbocycles. The van der Waals surface area contributed by atoms with E-state index in [0.29, 0.717) is 11.7 Å². The minimum Gasteiger partial charge on any atom is -0.368 e. The van der Waals surface area contributed by atoms with E-state index in [9.17, 15) is 9.59 Å². The minimum absolute atomic E-state index is 0.142. The van der Waals surface area contributed by atoms with Crippen molar-refractivity contribution in [3.05, 3.63) is 29.8 Å². The van der Waals surface area contributed by atoms with Gasteiger partial charge in [-0.25, -0.2) is 0 Å². The molecule has 0 bridgehead atoms. The molecule has 0 saturated heterocycles. The molecular weight excluding hydrogens is 326 g/mol. The molecule has 1 aromatic heterocycles. The highest BCUT2D eigenvalue weighted by molar-refractivity contribution is 7.99. The number of rotatable bonds is 7. The fourth-order valence-corrected chi connectivity index (χ4v) is 3.00. The molecule has 24 heavy (non-hydrogen) atoms. The maximum atomic E-state index is 11.9. The molecule has 1 heterocycles. The van der Waals surface area contributed by atoms with Gasteiger partial charge >= 0.3 is 0 Å². The van der Waals surface area contributed by atoms with Gasteiger partial charge in [-0.05, 0) is 26.3 Å². The first-order valence-electron chi connectivity index (χ1n) is 7.64. The van der Waals surface area contributed by atoms with Gasteiger partial charge in [0, 0.05) is 12.1 Å². The predicted molar refractivity (Wildman–Crippen MR) is 93.4 cm³/mol. The SMILES string of the molecule is CCn1c(SCC(=O)NC(C)C(N)=O)nnc1-c1ccccc1C. The lowest BCUT2D eigenvalue weighted by molar-refractivity contribution is -0.125. The van der Waals surface area contributed by atoms with Crippen LogP contribution < -0.4 is 11.1 Å². The summed E-state index contributed by atoms with van der Waals surface area (Å²) in [5, 5.41) is 11.7. The second-order valence-corrected chi connectivity index (χ2v) is 6.29. The van der Waals surface area contributed by atoms with Crippen LogP contribution in [0.15, 0.2) is 29.4 Å². The molecule has 3 N–H and O–H groups in total. The van der Waals surface area contributed by atoms with Gasteiger partial charge in [0.25, 0.3) is 0 Å². The van der Waals surface area contributed by atoms with Crippen molar-refractivity contribution >= 4 is 23.6 Å². The molecule has 2 rings (SSSR count). The average Bonchev–Trinajstić information content (AvgIpc) is 2.95. The standard InChI is InChI=1S/C16H21N5O2S/c1-4-21-15(12-8-6-5-7-10(12)2)19-20-16(21)24-9-13(22)18-11(3)14(17)23/h5-8,11H,4,9H2,1-3H3,(H2,17,23)(H,18,22). The van der Waals surface area contributed by atoms with Crippen molar-refractivity contribution in [1.29, 1.82) is 0 Å². The Morgan fingerprint density at radius 2 is 2.04 bits per heavy atom. The van der Waals surface area contributed by atoms with Crippen molar-refractivity contribution in [2.24, 2.45) is 5.73 Å². The summed E-state index contributed by atoms with van der Waals surface area (Å²) in [6.07, 6.45) is 0. The van der Waals surface area contributed by atoms with E-state index < -0.39 is 11.9 Å². The highest BCUT2D eigenvalue weighted by Crippen LogP contribution is 2.26. The molecule has 2 aromatic rings. The number of carbonyl (C=O) groups is 2. The molecule has 1 aromatic carbocycles. The first kappa shape index (κ1) is 18.0. The maximum Gasteiger partial charge on any atom is 0.239 e. The van der Waals surface area contributed by atoms with Crippen molar-refractivity contribution < 1.29 is 9.59 Å². The van der Waals surface area contributed by atoms with Crippen LogP contribution in [0.25, 0.3) is 11.4 Å². The summed E-state index contributed by atoms with van der Waals surface area (Å²) >= 11 is 1.28. The zero-order chi connectivity index (χ0) is 17.7. The Balaban J connectivity index is 2.11. The lowest BCUT2D eigenvalue weighted by Crippen LogP contribution is -2.42. The Morgan fingerprint density at radius 3 is 2.67 bits per heavy atom. The molecule has 0 aliphatic heterocycles. The van der Waals surface area contributed by atoms with Crippen LogP contribution >= 0.6 is 11.8 Å². The number of thioether (sulfide) groups is 1. The van der Waals surface area contributed by atoms with Crippen molar-refractivity contribution in [1.82, 2.24) is 20.1 Å². The molecular formula is C16H21N5O2S.